The zero-order chi connectivity index (χ0) is 27.1. The Labute approximate surface area is 228 Å². The van der Waals surface area contributed by atoms with Crippen LogP contribution in [-0.4, -0.2) is 40.6 Å². The van der Waals surface area contributed by atoms with Crippen LogP contribution in [0.15, 0.2) is 54.6 Å². The molecule has 0 radical (unpaired) electrons. The second-order valence-electron chi connectivity index (χ2n) is 9.84. The second kappa shape index (κ2) is 12.7. The van der Waals surface area contributed by atoms with Crippen LogP contribution >= 0.6 is 11.6 Å². The number of hydrazine groups is 1. The van der Waals surface area contributed by atoms with Gasteiger partial charge in [0.25, 0.3) is 5.90 Å². The van der Waals surface area contributed by atoms with Gasteiger partial charge < -0.3 is 21.2 Å². The number of hydrogen-bond acceptors (Lipinski definition) is 8. The molecule has 38 heavy (non-hydrogen) atoms. The van der Waals surface area contributed by atoms with Crippen LogP contribution in [0.3, 0.4) is 0 Å². The van der Waals surface area contributed by atoms with Crippen LogP contribution in [0.25, 0.3) is 11.3 Å². The van der Waals surface area contributed by atoms with Crippen molar-refractivity contribution >= 4 is 35.1 Å². The van der Waals surface area contributed by atoms with Gasteiger partial charge >= 0.3 is 6.09 Å². The van der Waals surface area contributed by atoms with Gasteiger partial charge in [0.05, 0.1) is 5.69 Å². The zero-order valence-corrected chi connectivity index (χ0v) is 22.5. The van der Waals surface area contributed by atoms with Gasteiger partial charge in [0.15, 0.2) is 5.82 Å². The summed E-state index contributed by atoms with van der Waals surface area (Å²) in [5.74, 6) is 1.12. The second-order valence-corrected chi connectivity index (χ2v) is 10.3. The maximum Gasteiger partial charge on any atom is 0.411 e. The van der Waals surface area contributed by atoms with Gasteiger partial charge in [-0.3, -0.25) is 5.41 Å². The van der Waals surface area contributed by atoms with Gasteiger partial charge in [0.2, 0.25) is 5.82 Å². The number of amides is 1. The first-order valence-corrected chi connectivity index (χ1v) is 13.2. The first-order valence-electron chi connectivity index (χ1n) is 12.8. The highest BCUT2D eigenvalue weighted by atomic mass is 35.5. The van der Waals surface area contributed by atoms with Crippen LogP contribution in [0.1, 0.15) is 44.0 Å². The Hall–Kier alpha value is -3.69. The lowest BCUT2D eigenvalue weighted by atomic mass is 9.83. The maximum atomic E-state index is 11.4. The molecule has 5 N–H and O–H groups in total. The highest BCUT2D eigenvalue weighted by Crippen LogP contribution is 2.35. The average molecular weight is 536 g/mol. The molecular formula is C28H34ClN7O2. The van der Waals surface area contributed by atoms with E-state index in [1.807, 2.05) is 54.5 Å². The molecule has 9 nitrogen and oxygen atoms in total. The Bertz CT molecular complexity index is 1260. The predicted octanol–water partition coefficient (Wildman–Crippen LogP) is 5.91. The van der Waals surface area contributed by atoms with E-state index in [9.17, 15) is 4.79 Å². The SMILES string of the molecule is CN(Cc1ccccc1)Nc1nc(C(=N)OC(N)=O)nc(-c2cccc(Cl)c2)c1NC[C@H]1CC[C@H](C)CC1. The quantitative estimate of drug-likeness (QED) is 0.152. The Morgan fingerprint density at radius 1 is 1.13 bits per heavy atom. The van der Waals surface area contributed by atoms with Gasteiger partial charge in [-0.1, -0.05) is 73.8 Å². The number of benzene rings is 2. The maximum absolute atomic E-state index is 11.4. The third-order valence-corrected chi connectivity index (χ3v) is 6.91. The van der Waals surface area contributed by atoms with E-state index >= 15 is 0 Å². The first kappa shape index (κ1) is 27.3. The van der Waals surface area contributed by atoms with Crippen molar-refractivity contribution in [3.8, 4) is 11.3 Å². The lowest BCUT2D eigenvalue weighted by molar-refractivity contribution is 0.207. The molecule has 0 spiro atoms. The lowest BCUT2D eigenvalue weighted by Crippen LogP contribution is -2.28. The van der Waals surface area contributed by atoms with Crippen molar-refractivity contribution in [3.05, 3.63) is 71.0 Å². The van der Waals surface area contributed by atoms with E-state index in [0.29, 0.717) is 34.7 Å². The van der Waals surface area contributed by atoms with Gasteiger partial charge in [0, 0.05) is 30.7 Å². The van der Waals surface area contributed by atoms with E-state index in [4.69, 9.17) is 27.5 Å². The molecule has 1 saturated carbocycles. The zero-order valence-electron chi connectivity index (χ0n) is 21.7. The number of nitrogens with zero attached hydrogens (tertiary/aromatic N) is 3. The number of nitrogens with one attached hydrogen (secondary N) is 3. The number of aromatic nitrogens is 2. The third-order valence-electron chi connectivity index (χ3n) is 6.68. The third kappa shape index (κ3) is 7.43. The largest absolute Gasteiger partial charge is 0.411 e. The van der Waals surface area contributed by atoms with Crippen molar-refractivity contribution in [2.24, 2.45) is 17.6 Å². The highest BCUT2D eigenvalue weighted by molar-refractivity contribution is 6.30. The minimum absolute atomic E-state index is 0.0774. The van der Waals surface area contributed by atoms with Crippen molar-refractivity contribution in [3.63, 3.8) is 0 Å². The summed E-state index contributed by atoms with van der Waals surface area (Å²) in [6.45, 7) is 3.66. The van der Waals surface area contributed by atoms with Crippen LogP contribution in [0, 0.1) is 17.2 Å². The summed E-state index contributed by atoms with van der Waals surface area (Å²) in [4.78, 5) is 20.6. The molecule has 1 heterocycles. The molecule has 0 unspecified atom stereocenters. The van der Waals surface area contributed by atoms with E-state index < -0.39 is 12.0 Å². The molecule has 1 aromatic heterocycles. The summed E-state index contributed by atoms with van der Waals surface area (Å²) in [5.41, 5.74) is 11.6. The summed E-state index contributed by atoms with van der Waals surface area (Å²) in [6, 6.07) is 17.4. The molecule has 4 rings (SSSR count). The summed E-state index contributed by atoms with van der Waals surface area (Å²) < 4.78 is 4.82. The molecular weight excluding hydrogens is 502 g/mol. The van der Waals surface area contributed by atoms with Crippen molar-refractivity contribution < 1.29 is 9.53 Å². The Kier molecular flexibility index (Phi) is 9.15. The monoisotopic (exact) mass is 535 g/mol. The van der Waals surface area contributed by atoms with Gasteiger partial charge in [-0.15, -0.1) is 0 Å². The molecule has 0 atom stereocenters. The number of ether oxygens (including phenoxy) is 1. The standard InChI is InChI=1S/C28H34ClN7O2/c1-18-11-13-19(14-12-18)16-32-24-23(21-9-6-10-22(29)15-21)33-27(25(30)38-28(31)37)34-26(24)35-36(2)17-20-7-4-3-5-8-20/h3-10,15,18-19,30,32H,11-14,16-17H2,1-2H3,(H2,31,37)(H,33,34,35)/t18-,19-. The van der Waals surface area contributed by atoms with E-state index in [1.54, 1.807) is 12.1 Å². The minimum Gasteiger partial charge on any atom is -0.388 e. The molecule has 0 aliphatic heterocycles. The van der Waals surface area contributed by atoms with Gasteiger partial charge in [-0.2, -0.15) is 0 Å². The van der Waals surface area contributed by atoms with E-state index in [-0.39, 0.29) is 5.82 Å². The summed E-state index contributed by atoms with van der Waals surface area (Å²) >= 11 is 6.33. The number of nitrogens with two attached hydrogens (primary N) is 1. The average Bonchev–Trinajstić information content (AvgIpc) is 2.88. The summed E-state index contributed by atoms with van der Waals surface area (Å²) in [5, 5.41) is 14.3. The Morgan fingerprint density at radius 2 is 1.87 bits per heavy atom. The normalized spacial score (nSPS) is 17.2. The fourth-order valence-corrected chi connectivity index (χ4v) is 4.85. The van der Waals surface area contributed by atoms with E-state index in [2.05, 4.69) is 27.6 Å². The van der Waals surface area contributed by atoms with Crippen molar-refractivity contribution in [2.75, 3.05) is 24.3 Å². The Balaban J connectivity index is 1.73. The number of carbonyl (C=O) groups excluding carboxylic acids is 1. The summed E-state index contributed by atoms with van der Waals surface area (Å²) in [6.07, 6.45) is 3.65. The number of halogens is 1. The highest BCUT2D eigenvalue weighted by Gasteiger charge is 2.23. The van der Waals surface area contributed by atoms with Gasteiger partial charge in [-0.05, 0) is 42.4 Å². The molecule has 0 bridgehead atoms. The fourth-order valence-electron chi connectivity index (χ4n) is 4.66. The smallest absolute Gasteiger partial charge is 0.388 e. The molecule has 10 heteroatoms. The van der Waals surface area contributed by atoms with Crippen LogP contribution in [0.2, 0.25) is 5.02 Å². The first-order chi connectivity index (χ1) is 18.3. The van der Waals surface area contributed by atoms with Gasteiger partial charge in [-0.25, -0.2) is 19.8 Å². The van der Waals surface area contributed by atoms with Gasteiger partial charge in [0.1, 0.15) is 5.69 Å². The molecule has 3 aromatic rings. The van der Waals surface area contributed by atoms with Crippen molar-refractivity contribution in [1.82, 2.24) is 15.0 Å². The van der Waals surface area contributed by atoms with Crippen molar-refractivity contribution in [2.45, 2.75) is 39.2 Å². The van der Waals surface area contributed by atoms with Crippen LogP contribution in [0.5, 0.6) is 0 Å². The number of rotatable bonds is 9. The molecule has 2 aromatic carbocycles. The minimum atomic E-state index is -1.10. The molecule has 200 valence electrons. The number of hydrogen-bond donors (Lipinski definition) is 4. The molecule has 1 aliphatic rings. The summed E-state index contributed by atoms with van der Waals surface area (Å²) in [7, 11) is 1.91. The fraction of sp³-hybridized carbons (Fsp3) is 0.357. The number of carbonyl (C=O) groups is 1. The molecule has 1 fully saturated rings. The predicted molar refractivity (Wildman–Crippen MR) is 151 cm³/mol. The van der Waals surface area contributed by atoms with Crippen LogP contribution in [0.4, 0.5) is 16.3 Å². The number of primary amides is 1. The van der Waals surface area contributed by atoms with Crippen LogP contribution < -0.4 is 16.5 Å². The molecule has 0 saturated heterocycles. The van der Waals surface area contributed by atoms with Crippen molar-refractivity contribution in [1.29, 1.82) is 5.41 Å². The van der Waals surface area contributed by atoms with Crippen LogP contribution in [-0.2, 0) is 11.3 Å². The molecule has 1 amide bonds. The topological polar surface area (TPSA) is 129 Å². The number of anilines is 2. The Morgan fingerprint density at radius 3 is 2.55 bits per heavy atom. The van der Waals surface area contributed by atoms with E-state index in [1.165, 1.54) is 12.8 Å². The lowest BCUT2D eigenvalue weighted by Gasteiger charge is -2.28. The molecule has 1 aliphatic carbocycles. The van der Waals surface area contributed by atoms with E-state index in [0.717, 1.165) is 36.4 Å².